The molecule has 1 aliphatic rings. The predicted octanol–water partition coefficient (Wildman–Crippen LogP) is 1.23. The SMILES string of the molecule is CN(C)[C@@H]1CCN(c2ccc3c(=O)c(S(=O)(=O)N(C)C)cn(-c4nccs4)c3n2)C1. The first kappa shape index (κ1) is 20.9. The van der Waals surface area contributed by atoms with Crippen LogP contribution in [0.25, 0.3) is 16.2 Å². The molecule has 1 aliphatic heterocycles. The van der Waals surface area contributed by atoms with Crippen LogP contribution < -0.4 is 10.3 Å². The van der Waals surface area contributed by atoms with Crippen molar-refractivity contribution in [3.8, 4) is 5.13 Å². The van der Waals surface area contributed by atoms with E-state index in [1.54, 1.807) is 28.3 Å². The number of rotatable bonds is 5. The highest BCUT2D eigenvalue weighted by molar-refractivity contribution is 7.89. The van der Waals surface area contributed by atoms with Crippen LogP contribution in [0.3, 0.4) is 0 Å². The van der Waals surface area contributed by atoms with E-state index in [1.165, 1.54) is 31.6 Å². The molecule has 0 radical (unpaired) electrons. The summed E-state index contributed by atoms with van der Waals surface area (Å²) in [5.74, 6) is 0.764. The maximum Gasteiger partial charge on any atom is 0.247 e. The molecule has 0 aromatic carbocycles. The molecular weight excluding hydrogens is 424 g/mol. The number of likely N-dealkylation sites (N-methyl/N-ethyl adjacent to an activating group) is 1. The summed E-state index contributed by atoms with van der Waals surface area (Å²) >= 11 is 1.35. The van der Waals surface area contributed by atoms with Gasteiger partial charge in [-0.25, -0.2) is 22.7 Å². The van der Waals surface area contributed by atoms with E-state index >= 15 is 0 Å². The summed E-state index contributed by atoms with van der Waals surface area (Å²) < 4.78 is 28.1. The molecule has 0 saturated carbocycles. The Morgan fingerprint density at radius 3 is 2.57 bits per heavy atom. The zero-order valence-electron chi connectivity index (χ0n) is 17.3. The number of anilines is 1. The van der Waals surface area contributed by atoms with Gasteiger partial charge in [-0.3, -0.25) is 9.36 Å². The number of sulfonamides is 1. The minimum atomic E-state index is -3.92. The Labute approximate surface area is 179 Å². The van der Waals surface area contributed by atoms with Gasteiger partial charge in [0.2, 0.25) is 15.5 Å². The third-order valence-corrected chi connectivity index (χ3v) is 7.98. The molecule has 0 bridgehead atoms. The van der Waals surface area contributed by atoms with E-state index < -0.39 is 15.5 Å². The third-order valence-electron chi connectivity index (χ3n) is 5.41. The van der Waals surface area contributed by atoms with Gasteiger partial charge in [-0.2, -0.15) is 0 Å². The zero-order valence-corrected chi connectivity index (χ0v) is 18.9. The lowest BCUT2D eigenvalue weighted by atomic mass is 10.2. The Hall–Kier alpha value is -2.34. The molecular formula is C19H24N6O3S2. The van der Waals surface area contributed by atoms with Crippen LogP contribution in [0.15, 0.2) is 39.6 Å². The van der Waals surface area contributed by atoms with E-state index in [0.29, 0.717) is 16.8 Å². The van der Waals surface area contributed by atoms with Gasteiger partial charge in [0.05, 0.1) is 5.39 Å². The zero-order chi connectivity index (χ0) is 21.6. The topological polar surface area (TPSA) is 91.6 Å². The normalized spacial score (nSPS) is 17.5. The average molecular weight is 449 g/mol. The largest absolute Gasteiger partial charge is 0.355 e. The minimum absolute atomic E-state index is 0.250. The minimum Gasteiger partial charge on any atom is -0.355 e. The standard InChI is InChI=1S/C19H24N6O3S2/c1-22(2)13-7-9-24(11-13)16-6-5-14-17(26)15(30(27,28)23(3)4)12-25(18(14)21-16)19-20-8-10-29-19/h5-6,8,10,12-13H,7,9,11H2,1-4H3/t13-/m1/s1. The highest BCUT2D eigenvalue weighted by Gasteiger charge is 2.28. The Kier molecular flexibility index (Phi) is 5.39. The first-order chi connectivity index (χ1) is 14.2. The van der Waals surface area contributed by atoms with E-state index in [-0.39, 0.29) is 10.3 Å². The smallest absolute Gasteiger partial charge is 0.247 e. The monoisotopic (exact) mass is 448 g/mol. The number of pyridine rings is 2. The second kappa shape index (κ2) is 7.73. The van der Waals surface area contributed by atoms with Crippen molar-refractivity contribution in [3.05, 3.63) is 40.1 Å². The molecule has 3 aromatic heterocycles. The van der Waals surface area contributed by atoms with Crippen LogP contribution in [0.2, 0.25) is 0 Å². The highest BCUT2D eigenvalue weighted by atomic mass is 32.2. The van der Waals surface area contributed by atoms with Crippen LogP contribution >= 0.6 is 11.3 Å². The van der Waals surface area contributed by atoms with Crippen molar-refractivity contribution in [2.75, 3.05) is 46.2 Å². The molecule has 0 spiro atoms. The van der Waals surface area contributed by atoms with E-state index in [0.717, 1.165) is 29.6 Å². The van der Waals surface area contributed by atoms with Crippen molar-refractivity contribution in [2.24, 2.45) is 0 Å². The van der Waals surface area contributed by atoms with Gasteiger partial charge in [0.1, 0.15) is 10.7 Å². The van der Waals surface area contributed by atoms with Gasteiger partial charge in [0.15, 0.2) is 10.8 Å². The van der Waals surface area contributed by atoms with Crippen LogP contribution in [-0.2, 0) is 10.0 Å². The number of aromatic nitrogens is 3. The molecule has 3 aromatic rings. The van der Waals surface area contributed by atoms with Gasteiger partial charge in [-0.15, -0.1) is 11.3 Å². The molecule has 0 amide bonds. The second-order valence-corrected chi connectivity index (χ2v) is 10.7. The van der Waals surface area contributed by atoms with Crippen molar-refractivity contribution in [1.29, 1.82) is 0 Å². The van der Waals surface area contributed by atoms with Crippen LogP contribution in [0.5, 0.6) is 0 Å². The van der Waals surface area contributed by atoms with E-state index in [2.05, 4.69) is 28.9 Å². The highest BCUT2D eigenvalue weighted by Crippen LogP contribution is 2.25. The quantitative estimate of drug-likeness (QED) is 0.580. The van der Waals surface area contributed by atoms with Gasteiger partial charge in [-0.05, 0) is 32.6 Å². The van der Waals surface area contributed by atoms with Crippen LogP contribution in [0, 0.1) is 0 Å². The molecule has 4 rings (SSSR count). The summed E-state index contributed by atoms with van der Waals surface area (Å²) in [4.78, 5) is 26.2. The van der Waals surface area contributed by atoms with E-state index in [9.17, 15) is 13.2 Å². The fraction of sp³-hybridized carbons (Fsp3) is 0.421. The summed E-state index contributed by atoms with van der Waals surface area (Å²) in [5.41, 5.74) is -0.156. The summed E-state index contributed by atoms with van der Waals surface area (Å²) in [6.45, 7) is 1.72. The molecule has 0 N–H and O–H groups in total. The van der Waals surface area contributed by atoms with Gasteiger partial charge in [-0.1, -0.05) is 0 Å². The second-order valence-electron chi connectivity index (χ2n) is 7.69. The van der Waals surface area contributed by atoms with Crippen molar-refractivity contribution in [3.63, 3.8) is 0 Å². The van der Waals surface area contributed by atoms with Crippen LogP contribution in [0.1, 0.15) is 6.42 Å². The maximum atomic E-state index is 13.1. The maximum absolute atomic E-state index is 13.1. The summed E-state index contributed by atoms with van der Waals surface area (Å²) in [6.07, 6.45) is 4.00. The number of nitrogens with zero attached hydrogens (tertiary/aromatic N) is 6. The molecule has 1 fully saturated rings. The summed E-state index contributed by atoms with van der Waals surface area (Å²) in [7, 11) is 3.02. The number of hydrogen-bond donors (Lipinski definition) is 0. The van der Waals surface area contributed by atoms with Gasteiger partial charge < -0.3 is 9.80 Å². The number of thiazole rings is 1. The van der Waals surface area contributed by atoms with Gasteiger partial charge in [0.25, 0.3) is 0 Å². The molecule has 0 unspecified atom stereocenters. The van der Waals surface area contributed by atoms with Crippen molar-refractivity contribution < 1.29 is 8.42 Å². The molecule has 0 aliphatic carbocycles. The van der Waals surface area contributed by atoms with Gasteiger partial charge in [0, 0.05) is 51.0 Å². The Balaban J connectivity index is 1.92. The molecule has 160 valence electrons. The molecule has 30 heavy (non-hydrogen) atoms. The molecule has 1 saturated heterocycles. The molecule has 9 nitrogen and oxygen atoms in total. The Bertz CT molecular complexity index is 1240. The lowest BCUT2D eigenvalue weighted by Crippen LogP contribution is -2.32. The van der Waals surface area contributed by atoms with Crippen molar-refractivity contribution in [1.82, 2.24) is 23.7 Å². The average Bonchev–Trinajstić information content (AvgIpc) is 3.40. The fourth-order valence-corrected chi connectivity index (χ4v) is 5.17. The molecule has 4 heterocycles. The van der Waals surface area contributed by atoms with Crippen LogP contribution in [-0.4, -0.2) is 79.5 Å². The fourth-order valence-electron chi connectivity index (χ4n) is 3.58. The lowest BCUT2D eigenvalue weighted by molar-refractivity contribution is 0.315. The third kappa shape index (κ3) is 3.51. The summed E-state index contributed by atoms with van der Waals surface area (Å²) in [6, 6.07) is 3.90. The number of fused-ring (bicyclic) bond motifs is 1. The Morgan fingerprint density at radius 2 is 1.97 bits per heavy atom. The lowest BCUT2D eigenvalue weighted by Gasteiger charge is -2.21. The van der Waals surface area contributed by atoms with Crippen LogP contribution in [0.4, 0.5) is 5.82 Å². The molecule has 1 atom stereocenters. The van der Waals surface area contributed by atoms with E-state index in [4.69, 9.17) is 4.98 Å². The first-order valence-electron chi connectivity index (χ1n) is 9.50. The predicted molar refractivity (Wildman–Crippen MR) is 118 cm³/mol. The molecule has 11 heteroatoms. The Morgan fingerprint density at radius 1 is 1.20 bits per heavy atom. The van der Waals surface area contributed by atoms with E-state index in [1.807, 2.05) is 0 Å². The van der Waals surface area contributed by atoms with Gasteiger partial charge >= 0.3 is 0 Å². The summed E-state index contributed by atoms with van der Waals surface area (Å²) in [5, 5.41) is 2.60. The number of hydrogen-bond acceptors (Lipinski definition) is 8. The van der Waals surface area contributed by atoms with Crippen molar-refractivity contribution in [2.45, 2.75) is 17.4 Å². The first-order valence-corrected chi connectivity index (χ1v) is 11.8. The van der Waals surface area contributed by atoms with Crippen molar-refractivity contribution >= 4 is 38.2 Å².